The number of fused-ring (bicyclic) bond motifs is 7. The first-order valence-corrected chi connectivity index (χ1v) is 34.3. The molecule has 0 radical (unpaired) electrons. The number of carbonyl (C=O) groups excluding carboxylic acids is 2. The fourth-order valence-electron chi connectivity index (χ4n) is 24.9. The van der Waals surface area contributed by atoms with Crippen LogP contribution in [0.3, 0.4) is 0 Å². The number of carbonyl (C=O) groups is 2. The third kappa shape index (κ3) is 8.40. The minimum Gasteiger partial charge on any atom is -0.462 e. The summed E-state index contributed by atoms with van der Waals surface area (Å²) in [4.78, 5) is 26.5. The smallest absolute Gasteiger partial charge is 0.331 e. The Morgan fingerprint density at radius 2 is 1.59 bits per heavy atom. The van der Waals surface area contributed by atoms with Crippen LogP contribution in [-0.2, 0) is 30.9 Å². The van der Waals surface area contributed by atoms with E-state index in [1.807, 2.05) is 0 Å². The van der Waals surface area contributed by atoms with Crippen LogP contribution < -0.4 is 0 Å². The standard InChI is InChI=1S/C78H96O7/c1-49(18-15-21-52-19-7-5-8-20-52)29-32-65(80)78-66(81)34-38-72(4,71(78)64(85-51(3)79)40-50(2)77(78,83)39-33-53-41-67(82)84-46-53)61-42-62-58-27-17-22-54-30-31-59-60-28-11-12-37-75(60,56-24-9-6-10-25-56)45-63-70(69(59)68(54)58)76(62)43-55(61)23-16-26-57-44-74(63,48-76)47-73(57)35-13-14-36-73/h5-10,17,19-20,22,24-25,27,30-31,41,49-50,55,57,60-66,70-71,80-81,83H,11-15,18,21,26,28-29,32-40,42-48H2,1-4H3/t49-,50-,55-,57+,60-,61+,62+,63-,64-,65+,66+,70-,71+,72+,74+,75+,76+,77-,78+/m1/s1. The predicted octanol–water partition coefficient (Wildman–Crippen LogP) is 15.9. The molecule has 85 heavy (non-hydrogen) atoms. The van der Waals surface area contributed by atoms with Crippen LogP contribution >= 0.6 is 0 Å². The minimum absolute atomic E-state index is 0.0152. The molecule has 7 fully saturated rings. The molecule has 4 bridgehead atoms. The van der Waals surface area contributed by atoms with Crippen LogP contribution in [0, 0.1) is 80.3 Å². The molecule has 10 aliphatic carbocycles. The Kier molecular flexibility index (Phi) is 14.0. The number of esters is 2. The zero-order chi connectivity index (χ0) is 58.3. The van der Waals surface area contributed by atoms with Crippen LogP contribution in [0.5, 0.6) is 0 Å². The number of benzene rings is 4. The van der Waals surface area contributed by atoms with Gasteiger partial charge < -0.3 is 24.8 Å². The number of cyclic esters (lactones) is 1. The van der Waals surface area contributed by atoms with Gasteiger partial charge in [-0.25, -0.2) is 4.79 Å². The monoisotopic (exact) mass is 1140 g/mol. The van der Waals surface area contributed by atoms with E-state index in [0.29, 0.717) is 67.1 Å². The lowest BCUT2D eigenvalue weighted by molar-refractivity contribution is -0.328. The molecule has 7 saturated carbocycles. The van der Waals surface area contributed by atoms with E-state index in [2.05, 4.69) is 124 Å². The molecule has 4 aromatic rings. The van der Waals surface area contributed by atoms with E-state index in [9.17, 15) is 24.9 Å². The van der Waals surface area contributed by atoms with E-state index in [0.717, 1.165) is 50.5 Å². The number of aryl methyl sites for hydroxylation is 1. The number of rotatable bonds is 14. The molecule has 0 amide bonds. The van der Waals surface area contributed by atoms with Crippen LogP contribution in [0.15, 0.2) is 103 Å². The third-order valence-corrected chi connectivity index (χ3v) is 27.9. The first-order chi connectivity index (χ1) is 41.1. The van der Waals surface area contributed by atoms with Crippen LogP contribution in [0.4, 0.5) is 0 Å². The zero-order valence-corrected chi connectivity index (χ0v) is 51.6. The number of hydrogen-bond donors (Lipinski definition) is 3. The van der Waals surface area contributed by atoms with E-state index >= 15 is 0 Å². The number of ether oxygens (including phenoxy) is 2. The molecule has 0 saturated heterocycles. The van der Waals surface area contributed by atoms with Gasteiger partial charge in [0.2, 0.25) is 0 Å². The Balaban J connectivity index is 0.900. The summed E-state index contributed by atoms with van der Waals surface area (Å²) in [5.41, 5.74) is 5.58. The van der Waals surface area contributed by atoms with Crippen LogP contribution in [0.2, 0.25) is 0 Å². The average Bonchev–Trinajstić information content (AvgIpc) is 1.62. The molecule has 7 nitrogen and oxygen atoms in total. The van der Waals surface area contributed by atoms with Gasteiger partial charge >= 0.3 is 11.9 Å². The Labute approximate surface area is 507 Å². The first-order valence-electron chi connectivity index (χ1n) is 34.3. The maximum atomic E-state index is 14.4. The molecule has 1 heterocycles. The second-order valence-electron chi connectivity index (χ2n) is 31.4. The lowest BCUT2D eigenvalue weighted by Crippen LogP contribution is -2.77. The summed E-state index contributed by atoms with van der Waals surface area (Å²) in [5, 5.41) is 44.8. The highest BCUT2D eigenvalue weighted by Crippen LogP contribution is 2.84. The largest absolute Gasteiger partial charge is 0.462 e. The average molecular weight is 1150 g/mol. The van der Waals surface area contributed by atoms with Crippen molar-refractivity contribution in [3.63, 3.8) is 0 Å². The Hall–Kier alpha value is -4.74. The SMILES string of the molecule is CC(=O)O[C@@H]1C[C@@H](C)[C@](O)(CCC2=CC(=O)OC2)[C@@]2([C@@H](O)CC[C@H](C)CCCc3ccccc3)[C@@H](O)CC[C@@](C)([C@H]3C[C@H]4c5cccc6ccc7c(c56)[C@H]5[C@@H](C[C@]6(c8ccccc8)CCCC[C@H]76)[C@]67C[C@H](CC#C[C@@H]3C[C@]45C6)C3(CCCC3)C7)[C@H]12. The Morgan fingerprint density at radius 3 is 2.36 bits per heavy atom. The summed E-state index contributed by atoms with van der Waals surface area (Å²) in [6.45, 7) is 8.52. The van der Waals surface area contributed by atoms with Crippen molar-refractivity contribution < 1.29 is 34.4 Å². The number of aliphatic hydroxyl groups excluding tert-OH is 2. The topological polar surface area (TPSA) is 113 Å². The molecule has 0 aromatic heterocycles. The molecule has 19 atom stereocenters. The van der Waals surface area contributed by atoms with Crippen molar-refractivity contribution >= 4 is 22.7 Å². The van der Waals surface area contributed by atoms with E-state index in [1.165, 1.54) is 94.9 Å². The molecular weight excluding hydrogens is 1050 g/mol. The van der Waals surface area contributed by atoms with Crippen molar-refractivity contribution in [2.45, 2.75) is 235 Å². The van der Waals surface area contributed by atoms with Crippen molar-refractivity contribution in [2.75, 3.05) is 6.61 Å². The van der Waals surface area contributed by atoms with Crippen molar-refractivity contribution in [2.24, 2.45) is 68.5 Å². The van der Waals surface area contributed by atoms with Gasteiger partial charge in [0, 0.05) is 36.7 Å². The molecule has 1 aliphatic heterocycles. The summed E-state index contributed by atoms with van der Waals surface area (Å²) in [6, 6.07) is 35.1. The van der Waals surface area contributed by atoms with E-state index in [1.54, 1.807) is 33.7 Å². The lowest BCUT2D eigenvalue weighted by Gasteiger charge is -2.71. The summed E-state index contributed by atoms with van der Waals surface area (Å²) >= 11 is 0. The van der Waals surface area contributed by atoms with E-state index in [4.69, 9.17) is 9.47 Å². The van der Waals surface area contributed by atoms with Gasteiger partial charge in [-0.3, -0.25) is 4.79 Å². The van der Waals surface area contributed by atoms with Gasteiger partial charge in [0.05, 0.1) is 23.2 Å². The third-order valence-electron chi connectivity index (χ3n) is 27.9. The second kappa shape index (κ2) is 20.9. The molecule has 3 N–H and O–H groups in total. The normalized spacial score (nSPS) is 41.2. The first kappa shape index (κ1) is 56.7. The van der Waals surface area contributed by atoms with E-state index < -0.39 is 46.6 Å². The van der Waals surface area contributed by atoms with Crippen molar-refractivity contribution in [3.05, 3.63) is 130 Å². The lowest BCUT2D eigenvalue weighted by atomic mass is 9.35. The highest BCUT2D eigenvalue weighted by molar-refractivity contribution is 5.93. The highest BCUT2D eigenvalue weighted by atomic mass is 16.5. The van der Waals surface area contributed by atoms with Gasteiger partial charge in [-0.15, -0.1) is 5.92 Å². The molecule has 3 spiro atoms. The van der Waals surface area contributed by atoms with Gasteiger partial charge in [-0.2, -0.15) is 0 Å². The molecule has 11 aliphatic rings. The van der Waals surface area contributed by atoms with Crippen molar-refractivity contribution in [1.29, 1.82) is 0 Å². The zero-order valence-electron chi connectivity index (χ0n) is 51.6. The maximum absolute atomic E-state index is 14.4. The highest BCUT2D eigenvalue weighted by Gasteiger charge is 2.78. The van der Waals surface area contributed by atoms with Crippen LogP contribution in [-0.4, -0.2) is 57.8 Å². The fourth-order valence-corrected chi connectivity index (χ4v) is 24.9. The van der Waals surface area contributed by atoms with Gasteiger partial charge in [0.1, 0.15) is 12.7 Å². The fraction of sp³-hybridized carbons (Fsp3) is 0.641. The van der Waals surface area contributed by atoms with Crippen LogP contribution in [0.1, 0.15) is 227 Å². The van der Waals surface area contributed by atoms with Crippen molar-refractivity contribution in [1.82, 2.24) is 0 Å². The van der Waals surface area contributed by atoms with E-state index in [-0.39, 0.29) is 59.0 Å². The number of aliphatic hydroxyl groups is 3. The summed E-state index contributed by atoms with van der Waals surface area (Å²) in [5.74, 6) is 9.33. The van der Waals surface area contributed by atoms with Crippen molar-refractivity contribution in [3.8, 4) is 11.8 Å². The summed E-state index contributed by atoms with van der Waals surface area (Å²) in [7, 11) is 0. The molecule has 15 rings (SSSR count). The predicted molar refractivity (Wildman–Crippen MR) is 334 cm³/mol. The van der Waals surface area contributed by atoms with Crippen LogP contribution in [0.25, 0.3) is 10.8 Å². The molecular formula is C78H96O7. The second-order valence-corrected chi connectivity index (χ2v) is 31.4. The van der Waals surface area contributed by atoms with Gasteiger partial charge in [-0.1, -0.05) is 150 Å². The Morgan fingerprint density at radius 1 is 0.800 bits per heavy atom. The quantitative estimate of drug-likeness (QED) is 0.0851. The molecule has 4 aromatic carbocycles. The molecule has 7 heteroatoms. The number of hydrogen-bond acceptors (Lipinski definition) is 7. The Bertz CT molecular complexity index is 3330. The van der Waals surface area contributed by atoms with Gasteiger partial charge in [0.25, 0.3) is 0 Å². The summed E-state index contributed by atoms with van der Waals surface area (Å²) < 4.78 is 12.3. The molecule has 450 valence electrons. The van der Waals surface area contributed by atoms with Gasteiger partial charge in [-0.05, 0) is 235 Å². The molecule has 0 unspecified atom stereocenters. The minimum atomic E-state index is -1.59. The van der Waals surface area contributed by atoms with Gasteiger partial charge in [0.15, 0.2) is 0 Å². The maximum Gasteiger partial charge on any atom is 0.331 e. The summed E-state index contributed by atoms with van der Waals surface area (Å²) in [6.07, 6.45) is 23.6.